The zero-order valence-electron chi connectivity index (χ0n) is 18.5. The highest BCUT2D eigenvalue weighted by Crippen LogP contribution is 2.32. The Morgan fingerprint density at radius 3 is 2.52 bits per heavy atom. The van der Waals surface area contributed by atoms with E-state index in [2.05, 4.69) is 52.5 Å². The van der Waals surface area contributed by atoms with Gasteiger partial charge in [-0.3, -0.25) is 4.99 Å². The third-order valence-electron chi connectivity index (χ3n) is 4.71. The molecule has 160 valence electrons. The van der Waals surface area contributed by atoms with Crippen molar-refractivity contribution in [3.05, 3.63) is 53.8 Å². The first-order chi connectivity index (χ1) is 14.8. The quantitative estimate of drug-likeness (QED) is 0.572. The fourth-order valence-electron chi connectivity index (χ4n) is 3.04. The fourth-order valence-corrected chi connectivity index (χ4v) is 3.04. The van der Waals surface area contributed by atoms with Crippen molar-refractivity contribution in [2.75, 3.05) is 26.5 Å². The average Bonchev–Trinajstić information content (AvgIpc) is 3.12. The Balaban J connectivity index is 1.90. The number of allylic oxidation sites excluding steroid dienone is 3. The smallest absolute Gasteiger partial charge is 0.221 e. The van der Waals surface area contributed by atoms with Crippen LogP contribution >= 0.6 is 0 Å². The second-order valence-electron chi connectivity index (χ2n) is 7.68. The second-order valence-corrected chi connectivity index (χ2v) is 7.68. The number of rotatable bonds is 5. The Bertz CT molecular complexity index is 1180. The van der Waals surface area contributed by atoms with Crippen LogP contribution in [-0.4, -0.2) is 42.1 Å². The molecule has 7 nitrogen and oxygen atoms in total. The lowest BCUT2D eigenvalue weighted by atomic mass is 10.1. The molecule has 1 aliphatic rings. The highest BCUT2D eigenvalue weighted by atomic mass is 16.5. The summed E-state index contributed by atoms with van der Waals surface area (Å²) >= 11 is 0. The van der Waals surface area contributed by atoms with Crippen LogP contribution in [-0.2, 0) is 0 Å². The molecule has 0 saturated carbocycles. The number of aromatic nitrogens is 2. The number of anilines is 1. The van der Waals surface area contributed by atoms with Crippen molar-refractivity contribution >= 4 is 22.7 Å². The zero-order valence-corrected chi connectivity index (χ0v) is 18.5. The van der Waals surface area contributed by atoms with Crippen molar-refractivity contribution in [1.29, 1.82) is 0 Å². The van der Waals surface area contributed by atoms with Crippen LogP contribution < -0.4 is 20.5 Å². The summed E-state index contributed by atoms with van der Waals surface area (Å²) in [5.41, 5.74) is 8.61. The molecule has 3 rings (SSSR count). The lowest BCUT2D eigenvalue weighted by Crippen LogP contribution is -2.39. The second kappa shape index (κ2) is 8.92. The number of amidine groups is 1. The Hall–Kier alpha value is -3.79. The van der Waals surface area contributed by atoms with E-state index in [1.807, 2.05) is 25.2 Å². The lowest BCUT2D eigenvalue weighted by molar-refractivity contribution is 0.356. The normalized spacial score (nSPS) is 15.3. The van der Waals surface area contributed by atoms with Gasteiger partial charge in [-0.2, -0.15) is 0 Å². The number of nitrogens with two attached hydrogens (primary N) is 1. The molecule has 0 amide bonds. The minimum atomic E-state index is -0.0485. The summed E-state index contributed by atoms with van der Waals surface area (Å²) in [5.74, 6) is 8.32. The van der Waals surface area contributed by atoms with Crippen molar-refractivity contribution in [1.82, 2.24) is 15.3 Å². The highest BCUT2D eigenvalue weighted by molar-refractivity contribution is 6.01. The maximum atomic E-state index is 5.89. The molecule has 0 bridgehead atoms. The number of fused-ring (bicyclic) bond motifs is 1. The number of methoxy groups -OCH3 is 2. The van der Waals surface area contributed by atoms with E-state index in [1.54, 1.807) is 26.4 Å². The molecule has 3 N–H and O–H groups in total. The van der Waals surface area contributed by atoms with Gasteiger partial charge in [-0.15, -0.1) is 0 Å². The number of ether oxygens (including phenoxy) is 2. The lowest BCUT2D eigenvalue weighted by Gasteiger charge is -2.18. The van der Waals surface area contributed by atoms with Crippen molar-refractivity contribution < 1.29 is 9.47 Å². The molecular weight excluding hydrogens is 390 g/mol. The van der Waals surface area contributed by atoms with Gasteiger partial charge >= 0.3 is 0 Å². The molecule has 2 heterocycles. The van der Waals surface area contributed by atoms with Gasteiger partial charge in [-0.25, -0.2) is 9.97 Å². The van der Waals surface area contributed by atoms with Gasteiger partial charge in [0.25, 0.3) is 0 Å². The average molecular weight is 418 g/mol. The zero-order chi connectivity index (χ0) is 22.6. The van der Waals surface area contributed by atoms with Crippen LogP contribution in [0.5, 0.6) is 11.5 Å². The van der Waals surface area contributed by atoms with E-state index in [9.17, 15) is 0 Å². The molecule has 0 saturated heterocycles. The minimum Gasteiger partial charge on any atom is -0.493 e. The Morgan fingerprint density at radius 2 is 1.90 bits per heavy atom. The van der Waals surface area contributed by atoms with E-state index in [1.165, 1.54) is 0 Å². The largest absolute Gasteiger partial charge is 0.493 e. The van der Waals surface area contributed by atoms with Gasteiger partial charge in [0.1, 0.15) is 11.5 Å². The summed E-state index contributed by atoms with van der Waals surface area (Å²) in [5, 5.41) is 4.10. The number of nitrogens with zero attached hydrogens (tertiary/aromatic N) is 3. The summed E-state index contributed by atoms with van der Waals surface area (Å²) in [6, 6.07) is 3.56. The first kappa shape index (κ1) is 21.9. The van der Waals surface area contributed by atoms with Crippen molar-refractivity contribution in [2.24, 2.45) is 4.99 Å². The number of nitrogen functional groups attached to an aromatic ring is 1. The Labute approximate surface area is 182 Å². The molecule has 0 unspecified atom stereocenters. The molecule has 31 heavy (non-hydrogen) atoms. The molecule has 0 atom stereocenters. The van der Waals surface area contributed by atoms with Gasteiger partial charge < -0.3 is 20.5 Å². The van der Waals surface area contributed by atoms with Crippen molar-refractivity contribution in [3.8, 4) is 23.3 Å². The number of aliphatic imine (C=N–C) groups is 1. The van der Waals surface area contributed by atoms with E-state index in [0.717, 1.165) is 28.9 Å². The van der Waals surface area contributed by atoms with Crippen LogP contribution in [0.1, 0.15) is 26.5 Å². The molecule has 1 aliphatic heterocycles. The van der Waals surface area contributed by atoms with Crippen LogP contribution in [0.25, 0.3) is 10.9 Å². The summed E-state index contributed by atoms with van der Waals surface area (Å²) < 4.78 is 10.7. The Morgan fingerprint density at radius 1 is 1.19 bits per heavy atom. The Kier molecular flexibility index (Phi) is 6.30. The first-order valence-corrected chi connectivity index (χ1v) is 9.84. The van der Waals surface area contributed by atoms with E-state index in [0.29, 0.717) is 22.7 Å². The van der Waals surface area contributed by atoms with Crippen LogP contribution in [0.3, 0.4) is 0 Å². The third kappa shape index (κ3) is 5.04. The van der Waals surface area contributed by atoms with Gasteiger partial charge in [0.05, 0.1) is 31.8 Å². The van der Waals surface area contributed by atoms with E-state index >= 15 is 0 Å². The molecule has 0 spiro atoms. The van der Waals surface area contributed by atoms with Crippen molar-refractivity contribution in [3.63, 3.8) is 0 Å². The third-order valence-corrected chi connectivity index (χ3v) is 4.71. The monoisotopic (exact) mass is 417 g/mol. The van der Waals surface area contributed by atoms with E-state index in [-0.39, 0.29) is 11.5 Å². The molecule has 1 aromatic heterocycles. The molecule has 7 heteroatoms. The van der Waals surface area contributed by atoms with Gasteiger partial charge in [-0.1, -0.05) is 24.7 Å². The maximum Gasteiger partial charge on any atom is 0.221 e. The van der Waals surface area contributed by atoms with Gasteiger partial charge in [0.2, 0.25) is 5.95 Å². The maximum absolute atomic E-state index is 5.89. The van der Waals surface area contributed by atoms with E-state index in [4.69, 9.17) is 15.2 Å². The molecule has 2 aromatic rings. The van der Waals surface area contributed by atoms with Crippen LogP contribution in [0.15, 0.2) is 53.1 Å². The summed E-state index contributed by atoms with van der Waals surface area (Å²) in [4.78, 5) is 13.1. The van der Waals surface area contributed by atoms with Crippen molar-refractivity contribution in [2.45, 2.75) is 26.3 Å². The van der Waals surface area contributed by atoms with Crippen LogP contribution in [0, 0.1) is 11.8 Å². The number of nitrogens with one attached hydrogen (secondary N) is 1. The first-order valence-electron chi connectivity index (χ1n) is 9.84. The molecular formula is C24H27N5O2. The van der Waals surface area contributed by atoms with Gasteiger partial charge in [0, 0.05) is 22.6 Å². The minimum absolute atomic E-state index is 0.0485. The summed E-state index contributed by atoms with van der Waals surface area (Å²) in [6.07, 6.45) is 5.72. The molecule has 0 radical (unpaired) electrons. The fraction of sp³-hybridized carbons (Fsp3) is 0.292. The highest BCUT2D eigenvalue weighted by Gasteiger charge is 2.25. The van der Waals surface area contributed by atoms with Crippen LogP contribution in [0.2, 0.25) is 0 Å². The number of benzene rings is 1. The molecule has 1 aromatic carbocycles. The summed E-state index contributed by atoms with van der Waals surface area (Å²) in [6.45, 7) is 10.9. The van der Waals surface area contributed by atoms with Gasteiger partial charge in [0.15, 0.2) is 11.5 Å². The predicted molar refractivity (Wildman–Crippen MR) is 125 cm³/mol. The molecule has 0 aliphatic carbocycles. The van der Waals surface area contributed by atoms with Crippen LogP contribution in [0.4, 0.5) is 5.95 Å². The predicted octanol–water partition coefficient (Wildman–Crippen LogP) is 3.42. The van der Waals surface area contributed by atoms with Gasteiger partial charge in [-0.05, 0) is 38.8 Å². The number of hydrogen-bond donors (Lipinski definition) is 2. The van der Waals surface area contributed by atoms with E-state index < -0.39 is 0 Å². The number of hydrogen-bond acceptors (Lipinski definition) is 7. The standard InChI is InChI=1S/C24H27N5O2/c1-7-16(9-8-15(2)22-26-14-24(3,4)29-22)10-11-18-17-12-20(30-5)21(31-6)13-19(17)28-23(25)27-18/h7-9,12-13H,2,14H2,1,3-6H3,(H,26,29)(H2,25,27,28)/b9-8-,16-7+. The topological polar surface area (TPSA) is 94.7 Å². The SMILES string of the molecule is C=C(/C=C\C(C#Cc1nc(N)nc2cc(OC)c(OC)cc12)=C/C)C1=NCC(C)(C)N1. The summed E-state index contributed by atoms with van der Waals surface area (Å²) in [7, 11) is 3.15. The molecule has 0 fully saturated rings.